The standard InChI is InChI=1S/C13H24N2O2/c1-10-3-2-4-11(7-10)17-9-13(5-6-13)8-12(14)15-16/h10-11,16H,2-9H2,1H3,(H2,14,15). The first-order chi connectivity index (χ1) is 8.13. The lowest BCUT2D eigenvalue weighted by Gasteiger charge is -2.28. The molecule has 0 spiro atoms. The average molecular weight is 240 g/mol. The minimum atomic E-state index is 0.178. The molecule has 3 N–H and O–H groups in total. The summed E-state index contributed by atoms with van der Waals surface area (Å²) in [5.41, 5.74) is 5.75. The predicted octanol–water partition coefficient (Wildman–Crippen LogP) is 2.50. The van der Waals surface area contributed by atoms with Gasteiger partial charge in [-0.05, 0) is 31.6 Å². The van der Waals surface area contributed by atoms with Crippen LogP contribution in [0.15, 0.2) is 5.16 Å². The quantitative estimate of drug-likeness (QED) is 0.336. The zero-order valence-electron chi connectivity index (χ0n) is 10.7. The van der Waals surface area contributed by atoms with Gasteiger partial charge in [0.15, 0.2) is 0 Å². The Morgan fingerprint density at radius 1 is 1.47 bits per heavy atom. The van der Waals surface area contributed by atoms with Crippen molar-refractivity contribution in [2.24, 2.45) is 22.2 Å². The van der Waals surface area contributed by atoms with E-state index in [1.54, 1.807) is 0 Å². The third-order valence-corrected chi connectivity index (χ3v) is 4.16. The second-order valence-electron chi connectivity index (χ2n) is 5.97. The average Bonchev–Trinajstić information content (AvgIpc) is 3.07. The molecule has 0 bridgehead atoms. The van der Waals surface area contributed by atoms with Gasteiger partial charge in [0.25, 0.3) is 0 Å². The number of amidine groups is 1. The second-order valence-corrected chi connectivity index (χ2v) is 5.97. The molecule has 0 aromatic rings. The molecule has 2 aliphatic rings. The van der Waals surface area contributed by atoms with Crippen LogP contribution in [-0.2, 0) is 4.74 Å². The molecule has 0 amide bonds. The molecule has 0 aliphatic heterocycles. The van der Waals surface area contributed by atoms with Crippen LogP contribution in [0.4, 0.5) is 0 Å². The van der Waals surface area contributed by atoms with Gasteiger partial charge in [0.2, 0.25) is 0 Å². The van der Waals surface area contributed by atoms with E-state index in [2.05, 4.69) is 12.1 Å². The lowest BCUT2D eigenvalue weighted by molar-refractivity contribution is -0.00757. The minimum absolute atomic E-state index is 0.178. The van der Waals surface area contributed by atoms with Crippen molar-refractivity contribution in [2.75, 3.05) is 6.61 Å². The monoisotopic (exact) mass is 240 g/mol. The first-order valence-electron chi connectivity index (χ1n) is 6.71. The number of hydrogen-bond acceptors (Lipinski definition) is 3. The van der Waals surface area contributed by atoms with Gasteiger partial charge in [-0.2, -0.15) is 0 Å². The van der Waals surface area contributed by atoms with E-state index in [0.29, 0.717) is 18.4 Å². The minimum Gasteiger partial charge on any atom is -0.409 e. The summed E-state index contributed by atoms with van der Waals surface area (Å²) in [5, 5.41) is 11.7. The molecule has 0 heterocycles. The highest BCUT2D eigenvalue weighted by atomic mass is 16.5. The van der Waals surface area contributed by atoms with E-state index in [1.165, 1.54) is 25.7 Å². The van der Waals surface area contributed by atoms with Crippen molar-refractivity contribution in [3.63, 3.8) is 0 Å². The van der Waals surface area contributed by atoms with Crippen molar-refractivity contribution in [1.82, 2.24) is 0 Å². The third-order valence-electron chi connectivity index (χ3n) is 4.16. The van der Waals surface area contributed by atoms with Crippen molar-refractivity contribution in [2.45, 2.75) is 58.0 Å². The van der Waals surface area contributed by atoms with Crippen LogP contribution in [0.3, 0.4) is 0 Å². The summed E-state index contributed by atoms with van der Waals surface area (Å²) >= 11 is 0. The Morgan fingerprint density at radius 3 is 2.82 bits per heavy atom. The fourth-order valence-electron chi connectivity index (χ4n) is 2.79. The molecule has 2 saturated carbocycles. The Labute approximate surface area is 103 Å². The van der Waals surface area contributed by atoms with E-state index in [9.17, 15) is 0 Å². The van der Waals surface area contributed by atoms with Crippen molar-refractivity contribution in [1.29, 1.82) is 0 Å². The largest absolute Gasteiger partial charge is 0.409 e. The fourth-order valence-corrected chi connectivity index (χ4v) is 2.79. The number of hydrogen-bond donors (Lipinski definition) is 2. The van der Waals surface area contributed by atoms with Crippen LogP contribution in [0, 0.1) is 11.3 Å². The number of oxime groups is 1. The molecular formula is C13H24N2O2. The Balaban J connectivity index is 1.74. The van der Waals surface area contributed by atoms with E-state index >= 15 is 0 Å². The molecule has 4 heteroatoms. The zero-order chi connectivity index (χ0) is 12.3. The van der Waals surface area contributed by atoms with E-state index in [4.69, 9.17) is 15.7 Å². The van der Waals surface area contributed by atoms with Crippen molar-refractivity contribution in [3.05, 3.63) is 0 Å². The van der Waals surface area contributed by atoms with Crippen molar-refractivity contribution < 1.29 is 9.94 Å². The maximum Gasteiger partial charge on any atom is 0.139 e. The van der Waals surface area contributed by atoms with Gasteiger partial charge >= 0.3 is 0 Å². The zero-order valence-corrected chi connectivity index (χ0v) is 10.7. The van der Waals surface area contributed by atoms with Crippen LogP contribution in [0.25, 0.3) is 0 Å². The van der Waals surface area contributed by atoms with Crippen LogP contribution < -0.4 is 5.73 Å². The van der Waals surface area contributed by atoms with Gasteiger partial charge in [0.1, 0.15) is 5.84 Å². The number of nitrogens with two attached hydrogens (primary N) is 1. The predicted molar refractivity (Wildman–Crippen MR) is 67.1 cm³/mol. The summed E-state index contributed by atoms with van der Waals surface area (Å²) in [4.78, 5) is 0. The molecule has 2 atom stereocenters. The molecule has 0 radical (unpaired) electrons. The normalized spacial score (nSPS) is 32.4. The van der Waals surface area contributed by atoms with Crippen LogP contribution in [0.2, 0.25) is 0 Å². The molecule has 0 aromatic heterocycles. The van der Waals surface area contributed by atoms with E-state index < -0.39 is 0 Å². The Hall–Kier alpha value is -0.770. The smallest absolute Gasteiger partial charge is 0.139 e. The molecule has 4 nitrogen and oxygen atoms in total. The van der Waals surface area contributed by atoms with Crippen LogP contribution in [0.5, 0.6) is 0 Å². The number of ether oxygens (including phenoxy) is 1. The first kappa shape index (κ1) is 12.7. The van der Waals surface area contributed by atoms with Crippen LogP contribution >= 0.6 is 0 Å². The van der Waals surface area contributed by atoms with Crippen LogP contribution in [0.1, 0.15) is 51.9 Å². The topological polar surface area (TPSA) is 67.8 Å². The van der Waals surface area contributed by atoms with Gasteiger partial charge in [-0.25, -0.2) is 0 Å². The van der Waals surface area contributed by atoms with Gasteiger partial charge < -0.3 is 15.7 Å². The SMILES string of the molecule is CC1CCCC(OCC2(CC(N)=NO)CC2)C1. The highest BCUT2D eigenvalue weighted by Gasteiger charge is 2.44. The maximum absolute atomic E-state index is 8.60. The molecule has 2 aliphatic carbocycles. The summed E-state index contributed by atoms with van der Waals surface area (Å²) in [5.74, 6) is 1.14. The summed E-state index contributed by atoms with van der Waals surface area (Å²) in [7, 11) is 0. The molecule has 2 unspecified atom stereocenters. The number of rotatable bonds is 5. The van der Waals surface area contributed by atoms with Gasteiger partial charge in [0, 0.05) is 11.8 Å². The molecule has 0 saturated heterocycles. The summed E-state index contributed by atoms with van der Waals surface area (Å²) in [6.45, 7) is 3.08. The molecule has 0 aromatic carbocycles. The lowest BCUT2D eigenvalue weighted by Crippen LogP contribution is -2.27. The van der Waals surface area contributed by atoms with Gasteiger partial charge in [-0.1, -0.05) is 24.9 Å². The maximum atomic E-state index is 8.60. The van der Waals surface area contributed by atoms with E-state index in [-0.39, 0.29) is 5.41 Å². The second kappa shape index (κ2) is 5.25. The first-order valence-corrected chi connectivity index (χ1v) is 6.71. The third kappa shape index (κ3) is 3.60. The molecular weight excluding hydrogens is 216 g/mol. The van der Waals surface area contributed by atoms with Crippen molar-refractivity contribution in [3.8, 4) is 0 Å². The van der Waals surface area contributed by atoms with Gasteiger partial charge in [0.05, 0.1) is 12.7 Å². The Morgan fingerprint density at radius 2 is 2.24 bits per heavy atom. The Kier molecular flexibility index (Phi) is 3.92. The highest BCUT2D eigenvalue weighted by molar-refractivity contribution is 5.80. The highest BCUT2D eigenvalue weighted by Crippen LogP contribution is 2.49. The van der Waals surface area contributed by atoms with Gasteiger partial charge in [-0.15, -0.1) is 0 Å². The molecule has 17 heavy (non-hydrogen) atoms. The van der Waals surface area contributed by atoms with E-state index in [1.807, 2.05) is 0 Å². The molecule has 98 valence electrons. The fraction of sp³-hybridized carbons (Fsp3) is 0.923. The van der Waals surface area contributed by atoms with E-state index in [0.717, 1.165) is 25.4 Å². The molecule has 2 rings (SSSR count). The summed E-state index contributed by atoms with van der Waals surface area (Å²) in [6, 6.07) is 0. The summed E-state index contributed by atoms with van der Waals surface area (Å²) in [6.07, 6.45) is 8.42. The van der Waals surface area contributed by atoms with Gasteiger partial charge in [-0.3, -0.25) is 0 Å². The number of nitrogens with zero attached hydrogens (tertiary/aromatic N) is 1. The molecule has 2 fully saturated rings. The Bertz CT molecular complexity index is 287. The van der Waals surface area contributed by atoms with Crippen LogP contribution in [-0.4, -0.2) is 23.8 Å². The van der Waals surface area contributed by atoms with Crippen molar-refractivity contribution >= 4 is 5.84 Å². The lowest BCUT2D eigenvalue weighted by atomic mass is 9.88. The summed E-state index contributed by atoms with van der Waals surface area (Å²) < 4.78 is 6.03.